The molecule has 1 amide bonds. The molecule has 0 spiro atoms. The quantitative estimate of drug-likeness (QED) is 0.0601. The zero-order valence-corrected chi connectivity index (χ0v) is 32.5. The Bertz CT molecular complexity index is 1550. The summed E-state index contributed by atoms with van der Waals surface area (Å²) in [5.41, 5.74) is 3.57. The second-order valence-corrected chi connectivity index (χ2v) is 12.4. The lowest BCUT2D eigenvalue weighted by atomic mass is 10.1. The molecule has 0 aliphatic heterocycles. The van der Waals surface area contributed by atoms with Crippen molar-refractivity contribution in [3.63, 3.8) is 0 Å². The molecule has 3 rings (SSSR count). The zero-order chi connectivity index (χ0) is 39.2. The summed E-state index contributed by atoms with van der Waals surface area (Å²) in [7, 11) is 0. The Morgan fingerprint density at radius 1 is 0.655 bits per heavy atom. The minimum atomic E-state index is -0.364. The van der Waals surface area contributed by atoms with Crippen molar-refractivity contribution in [2.75, 3.05) is 119 Å². The van der Waals surface area contributed by atoms with E-state index in [1.54, 1.807) is 12.1 Å². The molecular weight excluding hydrogens is 712 g/mol. The number of hydrogen-bond acceptors (Lipinski definition) is 13. The molecule has 2 aromatic carbocycles. The number of benzene rings is 2. The Morgan fingerprint density at radius 3 is 1.69 bits per heavy atom. The van der Waals surface area contributed by atoms with Crippen molar-refractivity contribution in [1.82, 2.24) is 10.6 Å². The molecule has 55 heavy (non-hydrogen) atoms. The van der Waals surface area contributed by atoms with Gasteiger partial charge in [0, 0.05) is 30.6 Å². The molecule has 3 N–H and O–H groups in total. The molecule has 0 saturated carbocycles. The molecule has 0 aliphatic carbocycles. The van der Waals surface area contributed by atoms with Gasteiger partial charge in [0.2, 0.25) is 5.91 Å². The third kappa shape index (κ3) is 21.1. The first-order valence-corrected chi connectivity index (χ1v) is 19.1. The van der Waals surface area contributed by atoms with E-state index < -0.39 is 0 Å². The van der Waals surface area contributed by atoms with Gasteiger partial charge in [-0.25, -0.2) is 4.79 Å². The number of allylic oxidation sites excluding steroid dienone is 1. The zero-order valence-electron chi connectivity index (χ0n) is 32.5. The first-order chi connectivity index (χ1) is 27.0. The van der Waals surface area contributed by atoms with E-state index in [9.17, 15) is 14.7 Å². The molecule has 14 nitrogen and oxygen atoms in total. The van der Waals surface area contributed by atoms with Crippen LogP contribution in [0.15, 0.2) is 63.8 Å². The number of rotatable bonds is 33. The van der Waals surface area contributed by atoms with Crippen molar-refractivity contribution >= 4 is 22.6 Å². The highest BCUT2D eigenvalue weighted by Gasteiger charge is 2.10. The molecule has 0 atom stereocenters. The van der Waals surface area contributed by atoms with Crippen LogP contribution in [0.2, 0.25) is 0 Å². The van der Waals surface area contributed by atoms with E-state index in [1.807, 2.05) is 56.3 Å². The van der Waals surface area contributed by atoms with Gasteiger partial charge < -0.3 is 58.1 Å². The molecule has 3 aromatic rings. The average Bonchev–Trinajstić information content (AvgIpc) is 3.17. The third-order valence-electron chi connectivity index (χ3n) is 7.90. The van der Waals surface area contributed by atoms with Crippen molar-refractivity contribution in [2.24, 2.45) is 0 Å². The minimum absolute atomic E-state index is 0.0587. The topological polar surface area (TPSA) is 165 Å². The predicted molar refractivity (Wildman–Crippen MR) is 209 cm³/mol. The summed E-state index contributed by atoms with van der Waals surface area (Å²) >= 11 is 0. The molecule has 14 heteroatoms. The fourth-order valence-electron chi connectivity index (χ4n) is 5.05. The molecule has 0 radical (unpaired) electrons. The van der Waals surface area contributed by atoms with Gasteiger partial charge in [0.1, 0.15) is 11.3 Å². The normalized spacial score (nSPS) is 11.7. The second kappa shape index (κ2) is 29.4. The summed E-state index contributed by atoms with van der Waals surface area (Å²) in [5.74, 6) is 0.171. The number of aryl methyl sites for hydroxylation is 1. The predicted octanol–water partition coefficient (Wildman–Crippen LogP) is 4.03. The number of phenolic OH excluding ortho intramolecular Hbond substituents is 1. The Hall–Kier alpha value is -3.86. The van der Waals surface area contributed by atoms with Crippen LogP contribution >= 0.6 is 0 Å². The monoisotopic (exact) mass is 772 g/mol. The largest absolute Gasteiger partial charge is 0.508 e. The summed E-state index contributed by atoms with van der Waals surface area (Å²) < 4.78 is 49.7. The molecule has 1 aromatic heterocycles. The maximum Gasteiger partial charge on any atom is 0.345 e. The van der Waals surface area contributed by atoms with Crippen LogP contribution in [0.3, 0.4) is 0 Å². The standard InChI is InChI=1S/C41H60N2O12/c1-3-4-38(37-32-35-8-5-33(2)31-39(35)55-41(37)46)42-14-16-48-18-20-50-22-24-52-26-28-54-30-29-53-27-25-51-23-21-49-19-17-47-15-12-40(45)43-13-11-34-6-9-36(44)10-7-34/h4-10,31-32,42,44H,3,11-30H2,1-2H3,(H,43,45)/b38-4+. The highest BCUT2D eigenvalue weighted by atomic mass is 16.6. The summed E-state index contributed by atoms with van der Waals surface area (Å²) in [5, 5.41) is 16.3. The van der Waals surface area contributed by atoms with E-state index in [0.29, 0.717) is 143 Å². The van der Waals surface area contributed by atoms with Gasteiger partial charge in [-0.3, -0.25) is 4.79 Å². The SMILES string of the molecule is CC/C=C(/NCCOCCOCCOCCOCCOCCOCCOCCOCCC(=O)NCCc1ccc(O)cc1)c1cc2ccc(C)cc2oc1=O. The number of aromatic hydroxyl groups is 1. The summed E-state index contributed by atoms with van der Waals surface area (Å²) in [6.45, 7) is 12.3. The third-order valence-corrected chi connectivity index (χ3v) is 7.90. The summed E-state index contributed by atoms with van der Waals surface area (Å²) in [6.07, 6.45) is 3.75. The highest BCUT2D eigenvalue weighted by molar-refractivity contribution is 5.81. The van der Waals surface area contributed by atoms with Gasteiger partial charge in [0.15, 0.2) is 0 Å². The van der Waals surface area contributed by atoms with Crippen LogP contribution in [0.5, 0.6) is 5.75 Å². The van der Waals surface area contributed by atoms with Crippen LogP contribution in [-0.2, 0) is 49.1 Å². The highest BCUT2D eigenvalue weighted by Crippen LogP contribution is 2.18. The van der Waals surface area contributed by atoms with Gasteiger partial charge >= 0.3 is 5.63 Å². The van der Waals surface area contributed by atoms with Crippen LogP contribution in [0.4, 0.5) is 0 Å². The average molecular weight is 773 g/mol. The summed E-state index contributed by atoms with van der Waals surface area (Å²) in [6, 6.07) is 14.6. The van der Waals surface area contributed by atoms with E-state index >= 15 is 0 Å². The van der Waals surface area contributed by atoms with Crippen molar-refractivity contribution in [3.05, 3.63) is 81.7 Å². The maximum atomic E-state index is 12.6. The Morgan fingerprint density at radius 2 is 1.16 bits per heavy atom. The molecule has 306 valence electrons. The first-order valence-electron chi connectivity index (χ1n) is 19.1. The van der Waals surface area contributed by atoms with Crippen LogP contribution in [0, 0.1) is 6.92 Å². The Labute approximate surface area is 324 Å². The first kappa shape index (κ1) is 45.5. The lowest BCUT2D eigenvalue weighted by Crippen LogP contribution is -2.26. The Balaban J connectivity index is 0.994. The number of amides is 1. The van der Waals surface area contributed by atoms with Crippen LogP contribution in [-0.4, -0.2) is 130 Å². The van der Waals surface area contributed by atoms with Crippen LogP contribution < -0.4 is 16.3 Å². The molecule has 0 aliphatic rings. The van der Waals surface area contributed by atoms with Gasteiger partial charge in [-0.2, -0.15) is 0 Å². The molecule has 0 bridgehead atoms. The van der Waals surface area contributed by atoms with Crippen molar-refractivity contribution in [2.45, 2.75) is 33.1 Å². The van der Waals surface area contributed by atoms with Crippen LogP contribution in [0.25, 0.3) is 16.7 Å². The number of hydrogen-bond donors (Lipinski definition) is 3. The number of ether oxygens (including phenoxy) is 8. The molecular formula is C41H60N2O12. The van der Waals surface area contributed by atoms with Gasteiger partial charge in [-0.05, 0) is 55.2 Å². The number of carbonyl (C=O) groups is 1. The molecule has 0 saturated heterocycles. The van der Waals surface area contributed by atoms with E-state index in [1.165, 1.54) is 0 Å². The fraction of sp³-hybridized carbons (Fsp3) is 0.561. The lowest BCUT2D eigenvalue weighted by molar-refractivity contribution is -0.122. The van der Waals surface area contributed by atoms with Gasteiger partial charge in [0.05, 0.1) is 111 Å². The number of phenols is 1. The fourth-order valence-corrected chi connectivity index (χ4v) is 5.05. The van der Waals surface area contributed by atoms with Gasteiger partial charge in [-0.1, -0.05) is 37.3 Å². The Kier molecular flexibility index (Phi) is 24.4. The van der Waals surface area contributed by atoms with E-state index in [2.05, 4.69) is 10.6 Å². The second-order valence-electron chi connectivity index (χ2n) is 12.4. The molecule has 0 fully saturated rings. The van der Waals surface area contributed by atoms with Crippen molar-refractivity contribution in [1.29, 1.82) is 0 Å². The van der Waals surface area contributed by atoms with E-state index in [0.717, 1.165) is 28.6 Å². The van der Waals surface area contributed by atoms with E-state index in [-0.39, 0.29) is 17.3 Å². The minimum Gasteiger partial charge on any atom is -0.508 e. The smallest absolute Gasteiger partial charge is 0.345 e. The number of nitrogens with one attached hydrogen (secondary N) is 2. The summed E-state index contributed by atoms with van der Waals surface area (Å²) in [4.78, 5) is 24.5. The molecule has 0 unspecified atom stereocenters. The van der Waals surface area contributed by atoms with Gasteiger partial charge in [-0.15, -0.1) is 0 Å². The van der Waals surface area contributed by atoms with E-state index in [4.69, 9.17) is 42.3 Å². The van der Waals surface area contributed by atoms with Gasteiger partial charge in [0.25, 0.3) is 0 Å². The number of carbonyl (C=O) groups excluding carboxylic acids is 1. The van der Waals surface area contributed by atoms with Crippen molar-refractivity contribution < 1.29 is 52.2 Å². The van der Waals surface area contributed by atoms with Crippen molar-refractivity contribution in [3.8, 4) is 5.75 Å². The van der Waals surface area contributed by atoms with Crippen LogP contribution in [0.1, 0.15) is 36.5 Å². The maximum absolute atomic E-state index is 12.6. The number of fused-ring (bicyclic) bond motifs is 1. The molecule has 1 heterocycles. The lowest BCUT2D eigenvalue weighted by Gasteiger charge is -2.12.